The molecule has 84 valence electrons. The van der Waals surface area contributed by atoms with Gasteiger partial charge in [-0.3, -0.25) is 0 Å². The molecule has 16 heavy (non-hydrogen) atoms. The second-order valence-electron chi connectivity index (χ2n) is 2.87. The van der Waals surface area contributed by atoms with Crippen LogP contribution in [0.2, 0.25) is 0 Å². The molecule has 1 aromatic rings. The van der Waals surface area contributed by atoms with Gasteiger partial charge in [-0.15, -0.1) is 0 Å². The van der Waals surface area contributed by atoms with Gasteiger partial charge in [-0.2, -0.15) is 0 Å². The van der Waals surface area contributed by atoms with E-state index in [-0.39, 0.29) is 21.3 Å². The maximum Gasteiger partial charge on any atom is 0.348 e. The number of nitrogens with zero attached hydrogens (tertiary/aromatic N) is 1. The standard InChI is InChI=1S/C9H8N2O3S2/c1-4-2-6(12)5(9(13)14-4)3-11-8(16)7(10)15/h2-3,12H,1H3,(H2,10,15). The van der Waals surface area contributed by atoms with E-state index in [1.807, 2.05) is 0 Å². The van der Waals surface area contributed by atoms with Crippen LogP contribution in [-0.2, 0) is 0 Å². The molecule has 0 spiro atoms. The summed E-state index contributed by atoms with van der Waals surface area (Å²) in [6.45, 7) is 1.54. The normalized spacial score (nSPS) is 10.6. The molecule has 0 bridgehead atoms. The smallest absolute Gasteiger partial charge is 0.348 e. The van der Waals surface area contributed by atoms with Gasteiger partial charge in [-0.05, 0) is 6.92 Å². The van der Waals surface area contributed by atoms with Crippen molar-refractivity contribution in [2.45, 2.75) is 6.92 Å². The molecular weight excluding hydrogens is 248 g/mol. The fraction of sp³-hybridized carbons (Fsp3) is 0.111. The Kier molecular flexibility index (Phi) is 3.86. The zero-order chi connectivity index (χ0) is 12.3. The monoisotopic (exact) mass is 256 g/mol. The molecule has 0 saturated heterocycles. The number of rotatable bonds is 1. The molecule has 0 aliphatic heterocycles. The summed E-state index contributed by atoms with van der Waals surface area (Å²) < 4.78 is 4.77. The molecule has 0 atom stereocenters. The Morgan fingerprint density at radius 2 is 2.25 bits per heavy atom. The predicted molar refractivity (Wildman–Crippen MR) is 68.4 cm³/mol. The second kappa shape index (κ2) is 4.95. The molecule has 0 unspecified atom stereocenters. The fourth-order valence-electron chi connectivity index (χ4n) is 0.911. The van der Waals surface area contributed by atoms with Crippen LogP contribution in [0.1, 0.15) is 11.3 Å². The van der Waals surface area contributed by atoms with Crippen LogP contribution in [0.4, 0.5) is 0 Å². The molecule has 1 heterocycles. The van der Waals surface area contributed by atoms with E-state index in [9.17, 15) is 9.90 Å². The van der Waals surface area contributed by atoms with E-state index in [0.717, 1.165) is 6.21 Å². The highest BCUT2D eigenvalue weighted by Crippen LogP contribution is 2.12. The first-order valence-corrected chi connectivity index (χ1v) is 4.95. The van der Waals surface area contributed by atoms with Gasteiger partial charge < -0.3 is 15.3 Å². The molecule has 3 N–H and O–H groups in total. The minimum Gasteiger partial charge on any atom is -0.507 e. The largest absolute Gasteiger partial charge is 0.507 e. The Hall–Kier alpha value is -1.60. The number of hydrogen-bond donors (Lipinski definition) is 2. The van der Waals surface area contributed by atoms with Gasteiger partial charge in [0.15, 0.2) is 4.99 Å². The van der Waals surface area contributed by atoms with Crippen LogP contribution >= 0.6 is 24.4 Å². The summed E-state index contributed by atoms with van der Waals surface area (Å²) in [7, 11) is 0. The van der Waals surface area contributed by atoms with Gasteiger partial charge in [0.05, 0.1) is 0 Å². The quantitative estimate of drug-likeness (QED) is 0.567. The van der Waals surface area contributed by atoms with Crippen molar-refractivity contribution < 1.29 is 9.52 Å². The van der Waals surface area contributed by atoms with E-state index >= 15 is 0 Å². The van der Waals surface area contributed by atoms with Gasteiger partial charge in [0.2, 0.25) is 0 Å². The van der Waals surface area contributed by atoms with Crippen LogP contribution in [0.15, 0.2) is 20.3 Å². The van der Waals surface area contributed by atoms with Crippen LogP contribution in [-0.4, -0.2) is 21.3 Å². The molecule has 1 aromatic heterocycles. The molecule has 0 aliphatic rings. The number of nitrogens with two attached hydrogens (primary N) is 1. The van der Waals surface area contributed by atoms with Gasteiger partial charge >= 0.3 is 5.63 Å². The lowest BCUT2D eigenvalue weighted by Crippen LogP contribution is -2.17. The van der Waals surface area contributed by atoms with Crippen molar-refractivity contribution in [3.05, 3.63) is 27.8 Å². The van der Waals surface area contributed by atoms with Crippen molar-refractivity contribution in [1.29, 1.82) is 0 Å². The molecule has 5 nitrogen and oxygen atoms in total. The van der Waals surface area contributed by atoms with E-state index in [0.29, 0.717) is 5.76 Å². The van der Waals surface area contributed by atoms with Crippen LogP contribution < -0.4 is 11.4 Å². The SMILES string of the molecule is Cc1cc(O)c(C=NC(=S)C(N)=S)c(=O)o1. The van der Waals surface area contributed by atoms with E-state index in [4.69, 9.17) is 22.4 Å². The minimum absolute atomic E-state index is 0.0191. The number of hydrogen-bond acceptors (Lipinski definition) is 5. The van der Waals surface area contributed by atoms with Gasteiger partial charge in [0, 0.05) is 12.3 Å². The topological polar surface area (TPSA) is 88.8 Å². The van der Waals surface area contributed by atoms with Gasteiger partial charge in [-0.25, -0.2) is 9.79 Å². The predicted octanol–water partition coefficient (Wildman–Crippen LogP) is 0.686. The average Bonchev–Trinajstić information content (AvgIpc) is 2.15. The third-order valence-electron chi connectivity index (χ3n) is 1.61. The first-order chi connectivity index (χ1) is 7.41. The summed E-state index contributed by atoms with van der Waals surface area (Å²) >= 11 is 9.29. The maximum atomic E-state index is 11.3. The molecule has 7 heteroatoms. The summed E-state index contributed by atoms with van der Waals surface area (Å²) in [5.74, 6) is 0.0693. The van der Waals surface area contributed by atoms with Crippen molar-refractivity contribution in [3.63, 3.8) is 0 Å². The van der Waals surface area contributed by atoms with Crippen molar-refractivity contribution in [3.8, 4) is 5.75 Å². The second-order valence-corrected chi connectivity index (χ2v) is 3.70. The highest BCUT2D eigenvalue weighted by atomic mass is 32.1. The Labute approximate surface area is 102 Å². The van der Waals surface area contributed by atoms with Crippen molar-refractivity contribution >= 4 is 40.6 Å². The highest BCUT2D eigenvalue weighted by Gasteiger charge is 2.07. The van der Waals surface area contributed by atoms with Crippen molar-refractivity contribution in [2.24, 2.45) is 10.7 Å². The summed E-state index contributed by atoms with van der Waals surface area (Å²) in [4.78, 5) is 14.9. The van der Waals surface area contributed by atoms with E-state index in [1.165, 1.54) is 6.07 Å². The number of thiocarbonyl (C=S) groups is 2. The molecule has 0 amide bonds. The molecule has 0 aromatic carbocycles. The highest BCUT2D eigenvalue weighted by molar-refractivity contribution is 7.89. The summed E-state index contributed by atoms with van der Waals surface area (Å²) in [5.41, 5.74) is 4.42. The lowest BCUT2D eigenvalue weighted by Gasteiger charge is -1.98. The molecular formula is C9H8N2O3S2. The van der Waals surface area contributed by atoms with E-state index < -0.39 is 5.63 Å². The average molecular weight is 256 g/mol. The number of aromatic hydroxyl groups is 1. The van der Waals surface area contributed by atoms with E-state index in [1.54, 1.807) is 6.92 Å². The first-order valence-electron chi connectivity index (χ1n) is 4.13. The zero-order valence-electron chi connectivity index (χ0n) is 8.26. The van der Waals surface area contributed by atoms with Gasteiger partial charge in [0.25, 0.3) is 0 Å². The summed E-state index contributed by atoms with van der Waals surface area (Å²) in [6.07, 6.45) is 1.07. The van der Waals surface area contributed by atoms with Crippen molar-refractivity contribution in [2.75, 3.05) is 0 Å². The van der Waals surface area contributed by atoms with Crippen LogP contribution in [0.5, 0.6) is 5.75 Å². The number of aliphatic imine (C=N–C) groups is 1. The fourth-order valence-corrected chi connectivity index (χ4v) is 1.02. The van der Waals surface area contributed by atoms with E-state index in [2.05, 4.69) is 17.2 Å². The minimum atomic E-state index is -0.702. The third kappa shape index (κ3) is 2.94. The Bertz CT molecular complexity index is 534. The first kappa shape index (κ1) is 12.5. The zero-order valence-corrected chi connectivity index (χ0v) is 9.89. The van der Waals surface area contributed by atoms with Gasteiger partial charge in [-0.1, -0.05) is 24.4 Å². The van der Waals surface area contributed by atoms with Gasteiger partial charge in [0.1, 0.15) is 22.1 Å². The third-order valence-corrected chi connectivity index (χ3v) is 2.26. The lowest BCUT2D eigenvalue weighted by atomic mass is 10.2. The lowest BCUT2D eigenvalue weighted by molar-refractivity contribution is 0.433. The summed E-state index contributed by atoms with van der Waals surface area (Å²) in [6, 6.07) is 1.30. The van der Waals surface area contributed by atoms with Crippen LogP contribution in [0, 0.1) is 6.92 Å². The number of aryl methyl sites for hydroxylation is 1. The maximum absolute atomic E-state index is 11.3. The molecule has 0 saturated carbocycles. The van der Waals surface area contributed by atoms with Crippen LogP contribution in [0.3, 0.4) is 0 Å². The molecule has 1 rings (SSSR count). The Balaban J connectivity index is 3.12. The Morgan fingerprint density at radius 1 is 1.62 bits per heavy atom. The molecule has 0 fully saturated rings. The van der Waals surface area contributed by atoms with Crippen LogP contribution in [0.25, 0.3) is 0 Å². The Morgan fingerprint density at radius 3 is 2.75 bits per heavy atom. The van der Waals surface area contributed by atoms with Crippen molar-refractivity contribution in [1.82, 2.24) is 0 Å². The molecule has 0 aliphatic carbocycles. The summed E-state index contributed by atoms with van der Waals surface area (Å²) in [5, 5.41) is 9.47. The molecule has 0 radical (unpaired) electrons.